The number of aromatic nitrogens is 2. The average molecular weight is 322 g/mol. The van der Waals surface area contributed by atoms with E-state index in [-0.39, 0.29) is 0 Å². The van der Waals surface area contributed by atoms with Gasteiger partial charge in [-0.05, 0) is 30.0 Å². The summed E-state index contributed by atoms with van der Waals surface area (Å²) in [5.74, 6) is 5.66. The zero-order chi connectivity index (χ0) is 13.1. The van der Waals surface area contributed by atoms with Crippen molar-refractivity contribution >= 4 is 52.4 Å². The van der Waals surface area contributed by atoms with E-state index < -0.39 is 0 Å². The Hall–Kier alpha value is -0.720. The predicted molar refractivity (Wildman–Crippen MR) is 75.4 cm³/mol. The number of rotatable bonds is 3. The van der Waals surface area contributed by atoms with Crippen LogP contribution in [0.1, 0.15) is 0 Å². The number of hydrogen-bond donors (Lipinski definition) is 2. The molecule has 0 saturated heterocycles. The maximum Gasteiger partial charge on any atom is 0.160 e. The Morgan fingerprint density at radius 2 is 1.94 bits per heavy atom. The molecule has 0 saturated carbocycles. The minimum atomic E-state index is 0.357. The normalized spacial score (nSPS) is 10.4. The smallest absolute Gasteiger partial charge is 0.160 e. The molecule has 0 atom stereocenters. The molecule has 0 aliphatic carbocycles. The first kappa shape index (κ1) is 13.7. The van der Waals surface area contributed by atoms with Crippen LogP contribution in [-0.4, -0.2) is 9.97 Å². The topological polar surface area (TPSA) is 63.8 Å². The van der Waals surface area contributed by atoms with Crippen LogP contribution < -0.4 is 11.3 Å². The zero-order valence-corrected chi connectivity index (χ0v) is 11.9. The molecule has 0 spiro atoms. The highest BCUT2D eigenvalue weighted by Gasteiger charge is 2.10. The second-order valence-electron chi connectivity index (χ2n) is 3.17. The Labute approximate surface area is 123 Å². The van der Waals surface area contributed by atoms with Crippen LogP contribution in [0.4, 0.5) is 5.82 Å². The number of pyridine rings is 2. The minimum absolute atomic E-state index is 0.357. The molecule has 8 heteroatoms. The summed E-state index contributed by atoms with van der Waals surface area (Å²) in [6.45, 7) is 0. The number of halogens is 3. The van der Waals surface area contributed by atoms with Crippen LogP contribution in [0, 0.1) is 0 Å². The number of nitrogens with zero attached hydrogens (tertiary/aromatic N) is 2. The first-order valence-corrected chi connectivity index (χ1v) is 6.67. The van der Waals surface area contributed by atoms with Crippen molar-refractivity contribution in [1.29, 1.82) is 0 Å². The molecule has 2 heterocycles. The van der Waals surface area contributed by atoms with Crippen molar-refractivity contribution < 1.29 is 0 Å². The third kappa shape index (κ3) is 3.18. The largest absolute Gasteiger partial charge is 0.307 e. The third-order valence-electron chi connectivity index (χ3n) is 1.94. The summed E-state index contributed by atoms with van der Waals surface area (Å²) in [5.41, 5.74) is 2.40. The van der Waals surface area contributed by atoms with Crippen LogP contribution in [0.15, 0.2) is 34.4 Å². The summed E-state index contributed by atoms with van der Waals surface area (Å²) in [6.07, 6.45) is 1.55. The van der Waals surface area contributed by atoms with E-state index in [4.69, 9.17) is 40.6 Å². The Balaban J connectivity index is 2.31. The number of nitrogen functional groups attached to an aromatic ring is 1. The minimum Gasteiger partial charge on any atom is -0.307 e. The molecule has 0 unspecified atom stereocenters. The third-order valence-corrected chi connectivity index (χ3v) is 3.80. The van der Waals surface area contributed by atoms with Gasteiger partial charge in [-0.2, -0.15) is 0 Å². The van der Waals surface area contributed by atoms with Crippen LogP contribution in [0.5, 0.6) is 0 Å². The summed E-state index contributed by atoms with van der Waals surface area (Å²) in [5, 5.41) is 2.64. The van der Waals surface area contributed by atoms with Crippen LogP contribution in [0.25, 0.3) is 0 Å². The van der Waals surface area contributed by atoms with Crippen molar-refractivity contribution in [2.45, 2.75) is 10.1 Å². The summed E-state index contributed by atoms with van der Waals surface area (Å²) < 4.78 is 0. The maximum atomic E-state index is 6.05. The van der Waals surface area contributed by atoms with E-state index in [2.05, 4.69) is 15.4 Å². The van der Waals surface area contributed by atoms with Gasteiger partial charge in [0.05, 0.1) is 15.1 Å². The van der Waals surface area contributed by atoms with Crippen molar-refractivity contribution in [2.24, 2.45) is 5.84 Å². The molecule has 94 valence electrons. The van der Waals surface area contributed by atoms with E-state index in [9.17, 15) is 0 Å². The van der Waals surface area contributed by atoms with Gasteiger partial charge in [0.25, 0.3) is 0 Å². The zero-order valence-electron chi connectivity index (χ0n) is 8.82. The van der Waals surface area contributed by atoms with Crippen LogP contribution in [0.2, 0.25) is 15.1 Å². The van der Waals surface area contributed by atoms with E-state index in [0.29, 0.717) is 25.9 Å². The Kier molecular flexibility index (Phi) is 4.53. The van der Waals surface area contributed by atoms with Gasteiger partial charge in [0, 0.05) is 6.20 Å². The number of anilines is 1. The van der Waals surface area contributed by atoms with Gasteiger partial charge < -0.3 is 5.43 Å². The molecular formula is C10H7Cl3N4S. The van der Waals surface area contributed by atoms with Crippen molar-refractivity contribution in [2.75, 3.05) is 5.43 Å². The molecule has 18 heavy (non-hydrogen) atoms. The molecule has 0 aromatic carbocycles. The van der Waals surface area contributed by atoms with Gasteiger partial charge in [0.1, 0.15) is 10.1 Å². The SMILES string of the molecule is NNc1nc(Sc2ccc(Cl)cn2)c(Cl)cc1Cl. The molecule has 0 amide bonds. The highest BCUT2D eigenvalue weighted by Crippen LogP contribution is 2.34. The lowest BCUT2D eigenvalue weighted by Gasteiger charge is -2.07. The number of nitrogens with two attached hydrogens (primary N) is 1. The number of hydrazine groups is 1. The molecule has 3 N–H and O–H groups in total. The van der Waals surface area contributed by atoms with Gasteiger partial charge in [-0.1, -0.05) is 34.8 Å². The fourth-order valence-corrected chi connectivity index (χ4v) is 2.52. The maximum absolute atomic E-state index is 6.05. The summed E-state index contributed by atoms with van der Waals surface area (Å²) in [6, 6.07) is 5.08. The Morgan fingerprint density at radius 3 is 2.56 bits per heavy atom. The quantitative estimate of drug-likeness (QED) is 0.663. The van der Waals surface area contributed by atoms with Gasteiger partial charge in [0.15, 0.2) is 5.82 Å². The van der Waals surface area contributed by atoms with Crippen molar-refractivity contribution in [3.63, 3.8) is 0 Å². The highest BCUT2D eigenvalue weighted by atomic mass is 35.5. The van der Waals surface area contributed by atoms with Gasteiger partial charge in [-0.25, -0.2) is 15.8 Å². The average Bonchev–Trinajstić information content (AvgIpc) is 2.35. The lowest BCUT2D eigenvalue weighted by molar-refractivity contribution is 1.08. The van der Waals surface area contributed by atoms with E-state index >= 15 is 0 Å². The number of hydrogen-bond acceptors (Lipinski definition) is 5. The summed E-state index contributed by atoms with van der Waals surface area (Å²) >= 11 is 19.0. The Morgan fingerprint density at radius 1 is 1.17 bits per heavy atom. The molecular weight excluding hydrogens is 315 g/mol. The molecule has 0 aliphatic heterocycles. The van der Waals surface area contributed by atoms with Gasteiger partial charge >= 0.3 is 0 Å². The molecule has 2 aromatic heterocycles. The first-order valence-electron chi connectivity index (χ1n) is 4.72. The van der Waals surface area contributed by atoms with Crippen molar-refractivity contribution in [3.8, 4) is 0 Å². The summed E-state index contributed by atoms with van der Waals surface area (Å²) in [7, 11) is 0. The van der Waals surface area contributed by atoms with Crippen molar-refractivity contribution in [1.82, 2.24) is 9.97 Å². The predicted octanol–water partition coefficient (Wildman–Crippen LogP) is 3.87. The highest BCUT2D eigenvalue weighted by molar-refractivity contribution is 7.99. The second kappa shape index (κ2) is 5.95. The Bertz CT molecular complexity index is 562. The molecule has 0 aliphatic rings. The van der Waals surface area contributed by atoms with Crippen LogP contribution in [0.3, 0.4) is 0 Å². The number of nitrogens with one attached hydrogen (secondary N) is 1. The van der Waals surface area contributed by atoms with Gasteiger partial charge in [-0.15, -0.1) is 0 Å². The van der Waals surface area contributed by atoms with Gasteiger partial charge in [0.2, 0.25) is 0 Å². The van der Waals surface area contributed by atoms with Crippen LogP contribution >= 0.6 is 46.6 Å². The van der Waals surface area contributed by atoms with E-state index in [1.807, 2.05) is 0 Å². The second-order valence-corrected chi connectivity index (χ2v) is 5.43. The lowest BCUT2D eigenvalue weighted by Crippen LogP contribution is -2.09. The summed E-state index contributed by atoms with van der Waals surface area (Å²) in [4.78, 5) is 8.34. The van der Waals surface area contributed by atoms with Crippen LogP contribution in [-0.2, 0) is 0 Å². The molecule has 0 radical (unpaired) electrons. The molecule has 0 fully saturated rings. The monoisotopic (exact) mass is 320 g/mol. The standard InChI is InChI=1S/C10H7Cl3N4S/c11-5-1-2-8(15-4-5)18-10-7(13)3-6(12)9(16-10)17-14/h1-4H,14H2,(H,16,17). The van der Waals surface area contributed by atoms with Gasteiger partial charge in [-0.3, -0.25) is 0 Å². The molecule has 2 rings (SSSR count). The van der Waals surface area contributed by atoms with E-state index in [1.165, 1.54) is 11.8 Å². The lowest BCUT2D eigenvalue weighted by atomic mass is 10.4. The fourth-order valence-electron chi connectivity index (χ4n) is 1.14. The molecule has 0 bridgehead atoms. The van der Waals surface area contributed by atoms with Crippen molar-refractivity contribution in [3.05, 3.63) is 39.5 Å². The van der Waals surface area contributed by atoms with E-state index in [1.54, 1.807) is 24.4 Å². The van der Waals surface area contributed by atoms with E-state index in [0.717, 1.165) is 5.03 Å². The molecule has 4 nitrogen and oxygen atoms in total. The molecule has 2 aromatic rings. The fraction of sp³-hybridized carbons (Fsp3) is 0. The first-order chi connectivity index (χ1) is 8.60.